The Morgan fingerprint density at radius 1 is 1.13 bits per heavy atom. The van der Waals surface area contributed by atoms with Gasteiger partial charge in [-0.25, -0.2) is 12.8 Å². The lowest BCUT2D eigenvalue weighted by molar-refractivity contribution is -0.385. The molecule has 1 aliphatic rings. The van der Waals surface area contributed by atoms with Gasteiger partial charge in [0.1, 0.15) is 17.2 Å². The van der Waals surface area contributed by atoms with Crippen LogP contribution in [0.5, 0.6) is 0 Å². The fourth-order valence-electron chi connectivity index (χ4n) is 4.57. The van der Waals surface area contributed by atoms with Gasteiger partial charge in [-0.2, -0.15) is 0 Å². The van der Waals surface area contributed by atoms with Gasteiger partial charge < -0.3 is 9.73 Å². The van der Waals surface area contributed by atoms with Gasteiger partial charge in [0.25, 0.3) is 11.6 Å². The summed E-state index contributed by atoms with van der Waals surface area (Å²) in [4.78, 5) is 23.4. The lowest BCUT2D eigenvalue weighted by Crippen LogP contribution is -2.18. The number of nitro benzene ring substituents is 1. The summed E-state index contributed by atoms with van der Waals surface area (Å²) in [5.74, 6) is -0.812. The molecule has 3 aromatic carbocycles. The highest BCUT2D eigenvalue weighted by molar-refractivity contribution is 7.91. The standard InChI is InChI=1S/C27H24FN3O6S/c1-15-11-16(3-10-23(15)31(33)34)14-38(35,36)30-22-13-24-21(12-20(22)17-4-5-17)25(27(32)29-2)26(37-24)18-6-8-19(28)9-7-18/h3,6-13,17,30H,4-5,14H2,1-2H3,(H,29,32). The van der Waals surface area contributed by atoms with Crippen LogP contribution in [0, 0.1) is 22.9 Å². The minimum absolute atomic E-state index is 0.0812. The van der Waals surface area contributed by atoms with Crippen LogP contribution in [0.2, 0.25) is 0 Å². The Morgan fingerprint density at radius 3 is 2.45 bits per heavy atom. The first-order chi connectivity index (χ1) is 18.1. The van der Waals surface area contributed by atoms with E-state index in [1.807, 2.05) is 0 Å². The molecule has 1 aromatic heterocycles. The first kappa shape index (κ1) is 25.4. The summed E-state index contributed by atoms with van der Waals surface area (Å²) < 4.78 is 48.5. The zero-order valence-corrected chi connectivity index (χ0v) is 21.4. The second-order valence-electron chi connectivity index (χ2n) is 9.34. The monoisotopic (exact) mass is 537 g/mol. The maximum absolute atomic E-state index is 13.5. The molecule has 11 heteroatoms. The number of carbonyl (C=O) groups is 1. The van der Waals surface area contributed by atoms with Crippen molar-refractivity contribution in [2.45, 2.75) is 31.4 Å². The molecule has 5 rings (SSSR count). The van der Waals surface area contributed by atoms with Crippen LogP contribution in [0.4, 0.5) is 15.8 Å². The molecule has 0 spiro atoms. The predicted octanol–water partition coefficient (Wildman–Crippen LogP) is 5.63. The molecular formula is C27H24FN3O6S. The van der Waals surface area contributed by atoms with Crippen molar-refractivity contribution in [3.05, 3.63) is 92.8 Å². The number of hydrogen-bond donors (Lipinski definition) is 2. The van der Waals surface area contributed by atoms with E-state index in [9.17, 15) is 27.7 Å². The summed E-state index contributed by atoms with van der Waals surface area (Å²) >= 11 is 0. The minimum Gasteiger partial charge on any atom is -0.455 e. The van der Waals surface area contributed by atoms with E-state index < -0.39 is 20.8 Å². The number of amides is 1. The lowest BCUT2D eigenvalue weighted by Gasteiger charge is -2.13. The second-order valence-corrected chi connectivity index (χ2v) is 11.1. The van der Waals surface area contributed by atoms with E-state index >= 15 is 0 Å². The predicted molar refractivity (Wildman–Crippen MR) is 141 cm³/mol. The van der Waals surface area contributed by atoms with Gasteiger partial charge in [-0.05, 0) is 73.2 Å². The van der Waals surface area contributed by atoms with E-state index in [1.165, 1.54) is 49.5 Å². The van der Waals surface area contributed by atoms with Crippen molar-refractivity contribution in [3.8, 4) is 11.3 Å². The van der Waals surface area contributed by atoms with Gasteiger partial charge in [0, 0.05) is 35.7 Å². The van der Waals surface area contributed by atoms with E-state index in [0.717, 1.165) is 18.4 Å². The number of benzene rings is 3. The Hall–Kier alpha value is -4.25. The molecule has 0 aliphatic heterocycles. The second kappa shape index (κ2) is 9.56. The van der Waals surface area contributed by atoms with Crippen LogP contribution in [0.15, 0.2) is 59.0 Å². The third-order valence-electron chi connectivity index (χ3n) is 6.52. The number of sulfonamides is 1. The molecule has 0 atom stereocenters. The number of fused-ring (bicyclic) bond motifs is 1. The summed E-state index contributed by atoms with van der Waals surface area (Å²) in [6, 6.07) is 13.1. The molecule has 1 aliphatic carbocycles. The van der Waals surface area contributed by atoms with E-state index in [-0.39, 0.29) is 34.6 Å². The van der Waals surface area contributed by atoms with Crippen molar-refractivity contribution < 1.29 is 26.9 Å². The number of rotatable bonds is 8. The van der Waals surface area contributed by atoms with Crippen LogP contribution >= 0.6 is 0 Å². The normalized spacial score (nSPS) is 13.4. The Balaban J connectivity index is 1.56. The van der Waals surface area contributed by atoms with E-state index in [0.29, 0.717) is 33.3 Å². The van der Waals surface area contributed by atoms with Crippen LogP contribution in [-0.2, 0) is 15.8 Å². The van der Waals surface area contributed by atoms with Crippen molar-refractivity contribution >= 4 is 38.3 Å². The summed E-state index contributed by atoms with van der Waals surface area (Å²) in [6.07, 6.45) is 1.75. The quantitative estimate of drug-likeness (QED) is 0.221. The maximum atomic E-state index is 13.5. The van der Waals surface area contributed by atoms with Crippen LogP contribution in [0.3, 0.4) is 0 Å². The van der Waals surface area contributed by atoms with Gasteiger partial charge in [-0.1, -0.05) is 6.07 Å². The first-order valence-corrected chi connectivity index (χ1v) is 13.5. The number of furan rings is 1. The minimum atomic E-state index is -3.90. The lowest BCUT2D eigenvalue weighted by atomic mass is 10.0. The molecular weight excluding hydrogens is 513 g/mol. The zero-order chi connectivity index (χ0) is 27.2. The highest BCUT2D eigenvalue weighted by atomic mass is 32.2. The highest BCUT2D eigenvalue weighted by Crippen LogP contribution is 2.47. The Morgan fingerprint density at radius 2 is 1.84 bits per heavy atom. The zero-order valence-electron chi connectivity index (χ0n) is 20.6. The number of hydrogen-bond acceptors (Lipinski definition) is 6. The van der Waals surface area contributed by atoms with Gasteiger partial charge in [0.05, 0.1) is 21.9 Å². The molecule has 1 fully saturated rings. The molecule has 4 aromatic rings. The highest BCUT2D eigenvalue weighted by Gasteiger charge is 2.31. The molecule has 0 bridgehead atoms. The molecule has 0 radical (unpaired) electrons. The van der Waals surface area contributed by atoms with Gasteiger partial charge >= 0.3 is 0 Å². The van der Waals surface area contributed by atoms with E-state index in [1.54, 1.807) is 19.1 Å². The van der Waals surface area contributed by atoms with Crippen molar-refractivity contribution in [1.82, 2.24) is 5.32 Å². The number of nitrogens with zero attached hydrogens (tertiary/aromatic N) is 1. The van der Waals surface area contributed by atoms with Crippen molar-refractivity contribution in [3.63, 3.8) is 0 Å². The number of halogens is 1. The SMILES string of the molecule is CNC(=O)c1c(-c2ccc(F)cc2)oc2cc(NS(=O)(=O)Cc3ccc([N+](=O)[O-])c(C)c3)c(C3CC3)cc12. The number of nitro groups is 1. The molecule has 1 heterocycles. The van der Waals surface area contributed by atoms with Gasteiger partial charge in [-0.15, -0.1) is 0 Å². The third kappa shape index (κ3) is 4.97. The molecule has 1 saturated carbocycles. The average molecular weight is 538 g/mol. The molecule has 9 nitrogen and oxygen atoms in total. The molecule has 38 heavy (non-hydrogen) atoms. The van der Waals surface area contributed by atoms with E-state index in [4.69, 9.17) is 4.42 Å². The Labute approximate surface area is 217 Å². The molecule has 196 valence electrons. The third-order valence-corrected chi connectivity index (χ3v) is 7.76. The summed E-state index contributed by atoms with van der Waals surface area (Å²) in [6.45, 7) is 1.56. The molecule has 0 saturated heterocycles. The number of nitrogens with one attached hydrogen (secondary N) is 2. The first-order valence-electron chi connectivity index (χ1n) is 11.9. The number of anilines is 1. The molecule has 0 unspecified atom stereocenters. The number of carbonyl (C=O) groups excluding carboxylic acids is 1. The van der Waals surface area contributed by atoms with Gasteiger partial charge in [-0.3, -0.25) is 19.6 Å². The maximum Gasteiger partial charge on any atom is 0.272 e. The fraction of sp³-hybridized carbons (Fsp3) is 0.222. The van der Waals surface area contributed by atoms with E-state index in [2.05, 4.69) is 10.0 Å². The summed E-state index contributed by atoms with van der Waals surface area (Å²) in [5, 5.41) is 14.2. The van der Waals surface area contributed by atoms with Crippen LogP contribution in [0.25, 0.3) is 22.3 Å². The van der Waals surface area contributed by atoms with Crippen LogP contribution in [0.1, 0.15) is 45.8 Å². The van der Waals surface area contributed by atoms with Crippen molar-refractivity contribution in [1.29, 1.82) is 0 Å². The smallest absolute Gasteiger partial charge is 0.272 e. The van der Waals surface area contributed by atoms with Gasteiger partial charge in [0.2, 0.25) is 10.0 Å². The molecule has 1 amide bonds. The summed E-state index contributed by atoms with van der Waals surface area (Å²) in [7, 11) is -2.40. The van der Waals surface area contributed by atoms with Crippen molar-refractivity contribution in [2.24, 2.45) is 0 Å². The van der Waals surface area contributed by atoms with Gasteiger partial charge in [0.15, 0.2) is 0 Å². The molecule has 2 N–H and O–H groups in total. The fourth-order valence-corrected chi connectivity index (χ4v) is 5.77. The Bertz CT molecular complexity index is 1690. The average Bonchev–Trinajstić information content (AvgIpc) is 3.63. The Kier molecular flexibility index (Phi) is 6.39. The van der Waals surface area contributed by atoms with Crippen LogP contribution in [-0.4, -0.2) is 26.3 Å². The van der Waals surface area contributed by atoms with Crippen LogP contribution < -0.4 is 10.0 Å². The van der Waals surface area contributed by atoms with Crippen molar-refractivity contribution in [2.75, 3.05) is 11.8 Å². The number of aryl methyl sites for hydroxylation is 1. The topological polar surface area (TPSA) is 132 Å². The largest absolute Gasteiger partial charge is 0.455 e. The summed E-state index contributed by atoms with van der Waals surface area (Å²) in [5.41, 5.74) is 2.88.